The lowest BCUT2D eigenvalue weighted by atomic mass is 10.2. The van der Waals surface area contributed by atoms with E-state index in [0.717, 1.165) is 25.7 Å². The van der Waals surface area contributed by atoms with E-state index in [1.54, 1.807) is 0 Å². The molecule has 0 spiro atoms. The smallest absolute Gasteiger partial charge is 0.0512 e. The second-order valence-corrected chi connectivity index (χ2v) is 3.98. The van der Waals surface area contributed by atoms with E-state index in [0.29, 0.717) is 0 Å². The summed E-state index contributed by atoms with van der Waals surface area (Å²) in [5.41, 5.74) is 0. The van der Waals surface area contributed by atoms with Gasteiger partial charge in [0.1, 0.15) is 0 Å². The van der Waals surface area contributed by atoms with Crippen LogP contribution in [0.3, 0.4) is 0 Å². The summed E-state index contributed by atoms with van der Waals surface area (Å²) in [4.78, 5) is 0. The summed E-state index contributed by atoms with van der Waals surface area (Å²) in [6, 6.07) is 0. The Morgan fingerprint density at radius 2 is 1.07 bits per heavy atom. The maximum Gasteiger partial charge on any atom is 0.0512 e. The minimum Gasteiger partial charge on any atom is -0.393 e. The Hall–Kier alpha value is -0.0800. The van der Waals surface area contributed by atoms with Crippen LogP contribution in [-0.4, -0.2) is 22.4 Å². The van der Waals surface area contributed by atoms with Gasteiger partial charge in [-0.25, -0.2) is 0 Å². The average molecular weight is 204 g/mol. The fraction of sp³-hybridized carbons (Fsp3) is 1.00. The van der Waals surface area contributed by atoms with E-state index in [4.69, 9.17) is 10.2 Å². The zero-order chi connectivity index (χ0) is 11.4. The van der Waals surface area contributed by atoms with Crippen LogP contribution in [-0.2, 0) is 0 Å². The third kappa shape index (κ3) is 22.7. The molecule has 0 aliphatic rings. The molecule has 2 N–H and O–H groups in total. The molecular formula is C12H28O2. The number of hydrogen-bond acceptors (Lipinski definition) is 2. The van der Waals surface area contributed by atoms with Crippen LogP contribution in [0.5, 0.6) is 0 Å². The monoisotopic (exact) mass is 204 g/mol. The van der Waals surface area contributed by atoms with E-state index in [1.165, 1.54) is 12.8 Å². The van der Waals surface area contributed by atoms with E-state index in [-0.39, 0.29) is 12.2 Å². The molecule has 0 aromatic heterocycles. The highest BCUT2D eigenvalue weighted by molar-refractivity contribution is 4.44. The minimum absolute atomic E-state index is 0.0973. The molecule has 0 fully saturated rings. The number of unbranched alkanes of at least 4 members (excludes halogenated alkanes) is 2. The number of aliphatic hydroxyl groups is 2. The molecule has 0 saturated carbocycles. The van der Waals surface area contributed by atoms with Crippen LogP contribution in [0.1, 0.15) is 66.2 Å². The Labute approximate surface area is 89.3 Å². The molecule has 0 bridgehead atoms. The van der Waals surface area contributed by atoms with Gasteiger partial charge in [0, 0.05) is 0 Å². The lowest BCUT2D eigenvalue weighted by Gasteiger charge is -1.98. The van der Waals surface area contributed by atoms with Gasteiger partial charge >= 0.3 is 0 Å². The molecule has 0 aromatic rings. The molecule has 88 valence electrons. The molecule has 2 heteroatoms. The summed E-state index contributed by atoms with van der Waals surface area (Å²) in [5, 5.41) is 17.4. The van der Waals surface area contributed by atoms with Gasteiger partial charge < -0.3 is 10.2 Å². The van der Waals surface area contributed by atoms with Gasteiger partial charge in [0.05, 0.1) is 12.2 Å². The van der Waals surface area contributed by atoms with Crippen molar-refractivity contribution in [1.29, 1.82) is 0 Å². The summed E-state index contributed by atoms with van der Waals surface area (Å²) in [6.07, 6.45) is 6.39. The standard InChI is InChI=1S/2C6H14O/c2*1-3-4-5-6(2)7/h2*6-7H,3-5H2,1-2H3. The zero-order valence-electron chi connectivity index (χ0n) is 10.3. The highest BCUT2D eigenvalue weighted by Crippen LogP contribution is 1.97. The van der Waals surface area contributed by atoms with Crippen LogP contribution in [0.15, 0.2) is 0 Å². The first-order chi connectivity index (χ1) is 6.54. The van der Waals surface area contributed by atoms with Crippen molar-refractivity contribution in [3.05, 3.63) is 0 Å². The lowest BCUT2D eigenvalue weighted by Crippen LogP contribution is -1.97. The van der Waals surface area contributed by atoms with Gasteiger partial charge in [-0.05, 0) is 26.7 Å². The largest absolute Gasteiger partial charge is 0.393 e. The van der Waals surface area contributed by atoms with Crippen LogP contribution >= 0.6 is 0 Å². The normalized spacial score (nSPS) is 14.1. The predicted molar refractivity (Wildman–Crippen MR) is 62.4 cm³/mol. The maximum absolute atomic E-state index is 8.68. The van der Waals surface area contributed by atoms with Crippen LogP contribution < -0.4 is 0 Å². The van der Waals surface area contributed by atoms with E-state index >= 15 is 0 Å². The zero-order valence-corrected chi connectivity index (χ0v) is 10.3. The molecule has 2 unspecified atom stereocenters. The second kappa shape index (κ2) is 12.9. The molecule has 0 saturated heterocycles. The van der Waals surface area contributed by atoms with Crippen molar-refractivity contribution >= 4 is 0 Å². The van der Waals surface area contributed by atoms with Crippen LogP contribution in [0.2, 0.25) is 0 Å². The topological polar surface area (TPSA) is 40.5 Å². The second-order valence-electron chi connectivity index (χ2n) is 3.98. The summed E-state index contributed by atoms with van der Waals surface area (Å²) in [7, 11) is 0. The Bertz CT molecular complexity index is 78.3. The van der Waals surface area contributed by atoms with Gasteiger partial charge in [0.2, 0.25) is 0 Å². The molecule has 0 aliphatic carbocycles. The first-order valence-corrected chi connectivity index (χ1v) is 5.90. The molecule has 0 aromatic carbocycles. The van der Waals surface area contributed by atoms with Crippen molar-refractivity contribution in [2.24, 2.45) is 0 Å². The summed E-state index contributed by atoms with van der Waals surface area (Å²) in [5.74, 6) is 0. The van der Waals surface area contributed by atoms with E-state index in [1.807, 2.05) is 13.8 Å². The van der Waals surface area contributed by atoms with Crippen molar-refractivity contribution in [3.8, 4) is 0 Å². The average Bonchev–Trinajstić information content (AvgIpc) is 2.12. The van der Waals surface area contributed by atoms with Gasteiger partial charge in [0.15, 0.2) is 0 Å². The number of aliphatic hydroxyl groups excluding tert-OH is 2. The van der Waals surface area contributed by atoms with Crippen molar-refractivity contribution in [2.75, 3.05) is 0 Å². The highest BCUT2D eigenvalue weighted by Gasteiger charge is 1.90. The van der Waals surface area contributed by atoms with Crippen molar-refractivity contribution in [1.82, 2.24) is 0 Å². The van der Waals surface area contributed by atoms with Gasteiger partial charge in [-0.2, -0.15) is 0 Å². The Balaban J connectivity index is 0. The summed E-state index contributed by atoms with van der Waals surface area (Å²) in [6.45, 7) is 7.91. The first kappa shape index (κ1) is 16.4. The van der Waals surface area contributed by atoms with Gasteiger partial charge in [-0.1, -0.05) is 39.5 Å². The summed E-state index contributed by atoms with van der Waals surface area (Å²) < 4.78 is 0. The van der Waals surface area contributed by atoms with Crippen molar-refractivity contribution in [2.45, 2.75) is 78.4 Å². The van der Waals surface area contributed by atoms with Gasteiger partial charge in [0.25, 0.3) is 0 Å². The summed E-state index contributed by atoms with van der Waals surface area (Å²) >= 11 is 0. The molecule has 0 heterocycles. The fourth-order valence-corrected chi connectivity index (χ4v) is 0.999. The molecular weight excluding hydrogens is 176 g/mol. The molecule has 0 radical (unpaired) electrons. The van der Waals surface area contributed by atoms with Crippen LogP contribution in [0, 0.1) is 0 Å². The molecule has 0 rings (SSSR count). The molecule has 0 amide bonds. The number of rotatable bonds is 6. The number of hydrogen-bond donors (Lipinski definition) is 2. The molecule has 2 atom stereocenters. The van der Waals surface area contributed by atoms with Crippen LogP contribution in [0.4, 0.5) is 0 Å². The van der Waals surface area contributed by atoms with E-state index in [9.17, 15) is 0 Å². The molecule has 2 nitrogen and oxygen atoms in total. The maximum atomic E-state index is 8.68. The molecule has 0 aliphatic heterocycles. The van der Waals surface area contributed by atoms with E-state index < -0.39 is 0 Å². The highest BCUT2D eigenvalue weighted by atomic mass is 16.3. The quantitative estimate of drug-likeness (QED) is 0.698. The Morgan fingerprint density at radius 1 is 0.786 bits per heavy atom. The van der Waals surface area contributed by atoms with Crippen molar-refractivity contribution < 1.29 is 10.2 Å². The Kier molecular flexibility index (Phi) is 15.1. The Morgan fingerprint density at radius 3 is 1.14 bits per heavy atom. The SMILES string of the molecule is CCCCC(C)O.CCCCC(C)O. The fourth-order valence-electron chi connectivity index (χ4n) is 0.999. The van der Waals surface area contributed by atoms with E-state index in [2.05, 4.69) is 13.8 Å². The molecule has 14 heavy (non-hydrogen) atoms. The van der Waals surface area contributed by atoms with Crippen LogP contribution in [0.25, 0.3) is 0 Å². The predicted octanol–water partition coefficient (Wildman–Crippen LogP) is 3.11. The lowest BCUT2D eigenvalue weighted by molar-refractivity contribution is 0.181. The third-order valence-corrected chi connectivity index (χ3v) is 1.95. The van der Waals surface area contributed by atoms with Gasteiger partial charge in [-0.15, -0.1) is 0 Å². The van der Waals surface area contributed by atoms with Gasteiger partial charge in [-0.3, -0.25) is 0 Å². The minimum atomic E-state index is -0.0973. The first-order valence-electron chi connectivity index (χ1n) is 5.90. The van der Waals surface area contributed by atoms with Crippen molar-refractivity contribution in [3.63, 3.8) is 0 Å². The third-order valence-electron chi connectivity index (χ3n) is 1.95.